The molecule has 25 heavy (non-hydrogen) atoms. The number of likely N-dealkylation sites (tertiary alicyclic amines) is 1. The molecule has 2 aromatic heterocycles. The first kappa shape index (κ1) is 16.7. The minimum atomic E-state index is 0.623. The summed E-state index contributed by atoms with van der Waals surface area (Å²) in [7, 11) is 0. The molecule has 130 valence electrons. The molecule has 1 aliphatic rings. The summed E-state index contributed by atoms with van der Waals surface area (Å²) in [6.45, 7) is 4.25. The predicted molar refractivity (Wildman–Crippen MR) is 106 cm³/mol. The van der Waals surface area contributed by atoms with Gasteiger partial charge < -0.3 is 4.98 Å². The van der Waals surface area contributed by atoms with Crippen molar-refractivity contribution in [3.63, 3.8) is 0 Å². The lowest BCUT2D eigenvalue weighted by atomic mass is 10.0. The minimum Gasteiger partial charge on any atom is -0.361 e. The van der Waals surface area contributed by atoms with Crippen LogP contribution in [0.2, 0.25) is 0 Å². The third-order valence-electron chi connectivity index (χ3n) is 5.29. The molecule has 1 saturated heterocycles. The highest BCUT2D eigenvalue weighted by Gasteiger charge is 2.25. The van der Waals surface area contributed by atoms with E-state index in [0.717, 1.165) is 18.7 Å². The number of thioether (sulfide) groups is 1. The topological polar surface area (TPSA) is 31.9 Å². The summed E-state index contributed by atoms with van der Waals surface area (Å²) >= 11 is 1.81. The third kappa shape index (κ3) is 3.60. The van der Waals surface area contributed by atoms with Crippen molar-refractivity contribution in [3.8, 4) is 0 Å². The number of aryl methyl sites for hydroxylation is 1. The molecule has 1 N–H and O–H groups in total. The van der Waals surface area contributed by atoms with E-state index in [9.17, 15) is 0 Å². The van der Waals surface area contributed by atoms with Gasteiger partial charge in [0, 0.05) is 46.5 Å². The number of hydrogen-bond donors (Lipinski definition) is 1. The van der Waals surface area contributed by atoms with Gasteiger partial charge in [-0.1, -0.05) is 6.07 Å². The van der Waals surface area contributed by atoms with Gasteiger partial charge in [0.15, 0.2) is 0 Å². The molecule has 1 atom stereocenters. The van der Waals surface area contributed by atoms with Crippen LogP contribution in [0.25, 0.3) is 10.9 Å². The monoisotopic (exact) mass is 351 g/mol. The standard InChI is InChI=1S/C21H25N3S/c1-15-5-6-16(12-22-15)14-24-9-3-4-18(24)10-17-13-23-21-8-7-19(25-2)11-20(17)21/h5-8,11-13,18,23H,3-4,9-10,14H2,1-2H3. The zero-order chi connectivity index (χ0) is 17.2. The normalized spacial score (nSPS) is 18.2. The van der Waals surface area contributed by atoms with Gasteiger partial charge in [-0.15, -0.1) is 11.8 Å². The average Bonchev–Trinajstić information content (AvgIpc) is 3.24. The zero-order valence-corrected chi connectivity index (χ0v) is 15.8. The van der Waals surface area contributed by atoms with Crippen LogP contribution in [-0.4, -0.2) is 33.7 Å². The molecule has 1 unspecified atom stereocenters. The Hall–Kier alpha value is -1.78. The Morgan fingerprint density at radius 3 is 3.00 bits per heavy atom. The van der Waals surface area contributed by atoms with Crippen LogP contribution in [-0.2, 0) is 13.0 Å². The fraction of sp³-hybridized carbons (Fsp3) is 0.381. The fourth-order valence-corrected chi connectivity index (χ4v) is 4.31. The maximum absolute atomic E-state index is 4.45. The second-order valence-corrected chi connectivity index (χ2v) is 7.88. The minimum absolute atomic E-state index is 0.623. The molecule has 4 rings (SSSR count). The second kappa shape index (κ2) is 7.22. The zero-order valence-electron chi connectivity index (χ0n) is 15.0. The van der Waals surface area contributed by atoms with Gasteiger partial charge in [-0.3, -0.25) is 9.88 Å². The van der Waals surface area contributed by atoms with Crippen molar-refractivity contribution in [1.29, 1.82) is 0 Å². The van der Waals surface area contributed by atoms with Crippen LogP contribution < -0.4 is 0 Å². The molecular formula is C21H25N3S. The van der Waals surface area contributed by atoms with E-state index < -0.39 is 0 Å². The number of nitrogens with one attached hydrogen (secondary N) is 1. The van der Waals surface area contributed by atoms with Crippen LogP contribution in [0.4, 0.5) is 0 Å². The number of nitrogens with zero attached hydrogens (tertiary/aromatic N) is 2. The maximum Gasteiger partial charge on any atom is 0.0457 e. The molecule has 1 aromatic carbocycles. The molecule has 1 aliphatic heterocycles. The Morgan fingerprint density at radius 1 is 1.28 bits per heavy atom. The summed E-state index contributed by atoms with van der Waals surface area (Å²) in [5, 5.41) is 1.38. The molecule has 0 amide bonds. The van der Waals surface area contributed by atoms with E-state index in [1.54, 1.807) is 0 Å². The molecule has 3 heterocycles. The third-order valence-corrected chi connectivity index (χ3v) is 6.01. The number of pyridine rings is 1. The molecule has 3 nitrogen and oxygen atoms in total. The van der Waals surface area contributed by atoms with Gasteiger partial charge in [-0.05, 0) is 74.4 Å². The Kier molecular flexibility index (Phi) is 4.82. The fourth-order valence-electron chi connectivity index (χ4n) is 3.87. The lowest BCUT2D eigenvalue weighted by Gasteiger charge is -2.24. The quantitative estimate of drug-likeness (QED) is 0.670. The molecule has 0 saturated carbocycles. The van der Waals surface area contributed by atoms with Crippen molar-refractivity contribution in [2.24, 2.45) is 0 Å². The summed E-state index contributed by atoms with van der Waals surface area (Å²) < 4.78 is 0. The van der Waals surface area contributed by atoms with Crippen molar-refractivity contribution in [2.45, 2.75) is 43.7 Å². The molecule has 0 aliphatic carbocycles. The van der Waals surface area contributed by atoms with Gasteiger partial charge in [0.1, 0.15) is 0 Å². The molecule has 3 aromatic rings. The van der Waals surface area contributed by atoms with Gasteiger partial charge in [0.25, 0.3) is 0 Å². The number of benzene rings is 1. The number of fused-ring (bicyclic) bond motifs is 1. The smallest absolute Gasteiger partial charge is 0.0457 e. The van der Waals surface area contributed by atoms with Crippen molar-refractivity contribution in [3.05, 3.63) is 59.5 Å². The second-order valence-electron chi connectivity index (χ2n) is 7.00. The van der Waals surface area contributed by atoms with Gasteiger partial charge in [-0.2, -0.15) is 0 Å². The van der Waals surface area contributed by atoms with Gasteiger partial charge in [0.2, 0.25) is 0 Å². The van der Waals surface area contributed by atoms with Gasteiger partial charge >= 0.3 is 0 Å². The van der Waals surface area contributed by atoms with Crippen molar-refractivity contribution in [1.82, 2.24) is 14.9 Å². The first-order valence-electron chi connectivity index (χ1n) is 9.02. The van der Waals surface area contributed by atoms with Crippen molar-refractivity contribution >= 4 is 22.7 Å². The van der Waals surface area contributed by atoms with E-state index in [-0.39, 0.29) is 0 Å². The summed E-state index contributed by atoms with van der Waals surface area (Å²) in [6, 6.07) is 11.7. The van der Waals surface area contributed by atoms with Crippen LogP contribution in [0.3, 0.4) is 0 Å². The van der Waals surface area contributed by atoms with Crippen LogP contribution in [0.5, 0.6) is 0 Å². The van der Waals surface area contributed by atoms with Gasteiger partial charge in [0.05, 0.1) is 0 Å². The Labute approximate surface area is 153 Å². The highest BCUT2D eigenvalue weighted by Crippen LogP contribution is 2.29. The van der Waals surface area contributed by atoms with Gasteiger partial charge in [-0.25, -0.2) is 0 Å². The van der Waals surface area contributed by atoms with E-state index in [1.165, 1.54) is 46.3 Å². The van der Waals surface area contributed by atoms with Crippen molar-refractivity contribution in [2.75, 3.05) is 12.8 Å². The lowest BCUT2D eigenvalue weighted by molar-refractivity contribution is 0.244. The first-order valence-corrected chi connectivity index (χ1v) is 10.2. The maximum atomic E-state index is 4.45. The summed E-state index contributed by atoms with van der Waals surface area (Å²) in [6.07, 6.45) is 10.1. The van der Waals surface area contributed by atoms with Crippen molar-refractivity contribution < 1.29 is 0 Å². The Balaban J connectivity index is 1.52. The van der Waals surface area contributed by atoms with E-state index >= 15 is 0 Å². The molecule has 0 radical (unpaired) electrons. The molecule has 0 spiro atoms. The highest BCUT2D eigenvalue weighted by atomic mass is 32.2. The Morgan fingerprint density at radius 2 is 2.20 bits per heavy atom. The predicted octanol–water partition coefficient (Wildman–Crippen LogP) is 4.80. The summed E-state index contributed by atoms with van der Waals surface area (Å²) in [5.41, 5.74) is 5.11. The van der Waals surface area contributed by atoms with Crippen LogP contribution in [0.15, 0.2) is 47.6 Å². The summed E-state index contributed by atoms with van der Waals surface area (Å²) in [4.78, 5) is 11.9. The van der Waals surface area contributed by atoms with Crippen LogP contribution in [0, 0.1) is 6.92 Å². The highest BCUT2D eigenvalue weighted by molar-refractivity contribution is 7.98. The number of aromatic amines is 1. The number of hydrogen-bond acceptors (Lipinski definition) is 3. The van der Waals surface area contributed by atoms with E-state index in [1.807, 2.05) is 24.9 Å². The van der Waals surface area contributed by atoms with Crippen LogP contribution >= 0.6 is 11.8 Å². The molecular weight excluding hydrogens is 326 g/mol. The summed E-state index contributed by atoms with van der Waals surface area (Å²) in [5.74, 6) is 0. The number of H-pyrrole nitrogens is 1. The molecule has 0 bridgehead atoms. The largest absolute Gasteiger partial charge is 0.361 e. The Bertz CT molecular complexity index is 853. The van der Waals surface area contributed by atoms with Crippen LogP contribution in [0.1, 0.15) is 29.7 Å². The number of aromatic nitrogens is 2. The van der Waals surface area contributed by atoms with E-state index in [0.29, 0.717) is 6.04 Å². The first-order chi connectivity index (χ1) is 12.2. The average molecular weight is 352 g/mol. The van der Waals surface area contributed by atoms with E-state index in [4.69, 9.17) is 0 Å². The number of rotatable bonds is 5. The van der Waals surface area contributed by atoms with E-state index in [2.05, 4.69) is 57.7 Å². The molecule has 4 heteroatoms. The SMILES string of the molecule is CSc1ccc2[nH]cc(CC3CCCN3Cc3ccc(C)nc3)c2c1. The lowest BCUT2D eigenvalue weighted by Crippen LogP contribution is -2.30. The molecule has 1 fully saturated rings.